The molecule has 1 unspecified atom stereocenters. The Labute approximate surface area is 180 Å². The fourth-order valence-electron chi connectivity index (χ4n) is 3.47. The zero-order valence-corrected chi connectivity index (χ0v) is 16.8. The number of halogens is 3. The summed E-state index contributed by atoms with van der Waals surface area (Å²) in [5, 5.41) is 9.23. The molecule has 1 atom stereocenters. The van der Waals surface area contributed by atoms with E-state index in [1.165, 1.54) is 24.1 Å². The molecule has 2 N–H and O–H groups in total. The van der Waals surface area contributed by atoms with Gasteiger partial charge in [0.05, 0.1) is 24.2 Å². The SMILES string of the molecule is COc1ccccc1-c1nc(NC(=O)C2CC(=O)N(c3cccc(C(F)(F)F)c3)C2)n[nH]1. The highest BCUT2D eigenvalue weighted by molar-refractivity contribution is 6.03. The highest BCUT2D eigenvalue weighted by atomic mass is 19.4. The predicted molar refractivity (Wildman–Crippen MR) is 109 cm³/mol. The second-order valence-corrected chi connectivity index (χ2v) is 7.15. The molecule has 0 bridgehead atoms. The van der Waals surface area contributed by atoms with E-state index in [9.17, 15) is 22.8 Å². The first-order valence-electron chi connectivity index (χ1n) is 9.60. The standard InChI is InChI=1S/C21H18F3N5O3/c1-32-16-8-3-2-7-15(16)18-25-20(28-27-18)26-19(31)12-9-17(30)29(11-12)14-6-4-5-13(10-14)21(22,23)24/h2-8,10,12H,9,11H2,1H3,(H2,25,26,27,28,31). The number of nitrogens with zero attached hydrogens (tertiary/aromatic N) is 3. The Bertz CT molecular complexity index is 1160. The van der Waals surface area contributed by atoms with Gasteiger partial charge in [0.2, 0.25) is 17.8 Å². The number of benzene rings is 2. The van der Waals surface area contributed by atoms with Crippen molar-refractivity contribution in [3.63, 3.8) is 0 Å². The van der Waals surface area contributed by atoms with E-state index in [-0.39, 0.29) is 24.6 Å². The molecule has 3 aromatic rings. The molecule has 0 saturated carbocycles. The quantitative estimate of drug-likeness (QED) is 0.626. The number of H-pyrrole nitrogens is 1. The number of ether oxygens (including phenoxy) is 1. The zero-order chi connectivity index (χ0) is 22.9. The predicted octanol–water partition coefficient (Wildman–Crippen LogP) is 3.49. The van der Waals surface area contributed by atoms with Crippen molar-refractivity contribution in [3.05, 3.63) is 54.1 Å². The molecule has 1 aliphatic heterocycles. The maximum absolute atomic E-state index is 13.0. The van der Waals surface area contributed by atoms with E-state index in [0.717, 1.165) is 12.1 Å². The third-order valence-electron chi connectivity index (χ3n) is 5.06. The number of alkyl halides is 3. The van der Waals surface area contributed by atoms with Gasteiger partial charge in [0.1, 0.15) is 5.75 Å². The van der Waals surface area contributed by atoms with E-state index in [1.54, 1.807) is 24.3 Å². The summed E-state index contributed by atoms with van der Waals surface area (Å²) in [7, 11) is 1.52. The third kappa shape index (κ3) is 4.27. The smallest absolute Gasteiger partial charge is 0.416 e. The molecule has 1 saturated heterocycles. The van der Waals surface area contributed by atoms with Crippen LogP contribution >= 0.6 is 0 Å². The Morgan fingerprint density at radius 1 is 1.22 bits per heavy atom. The van der Waals surface area contributed by atoms with Gasteiger partial charge < -0.3 is 9.64 Å². The lowest BCUT2D eigenvalue weighted by molar-refractivity contribution is -0.137. The Balaban J connectivity index is 1.46. The monoisotopic (exact) mass is 445 g/mol. The molecule has 0 spiro atoms. The number of anilines is 2. The summed E-state index contributed by atoms with van der Waals surface area (Å²) in [5.41, 5.74) is -0.119. The summed E-state index contributed by atoms with van der Waals surface area (Å²) in [6, 6.07) is 11.6. The number of aromatic amines is 1. The van der Waals surface area contributed by atoms with Crippen LogP contribution < -0.4 is 15.0 Å². The summed E-state index contributed by atoms with van der Waals surface area (Å²) < 4.78 is 44.2. The summed E-state index contributed by atoms with van der Waals surface area (Å²) in [5.74, 6) is -0.732. The molecule has 4 rings (SSSR count). The maximum Gasteiger partial charge on any atom is 0.416 e. The number of rotatable bonds is 5. The van der Waals surface area contributed by atoms with Gasteiger partial charge in [-0.05, 0) is 30.3 Å². The van der Waals surface area contributed by atoms with Crippen molar-refractivity contribution in [2.75, 3.05) is 23.9 Å². The summed E-state index contributed by atoms with van der Waals surface area (Å²) in [4.78, 5) is 30.4. The molecule has 1 aliphatic rings. The van der Waals surface area contributed by atoms with Crippen molar-refractivity contribution in [2.45, 2.75) is 12.6 Å². The average molecular weight is 445 g/mol. The second kappa shape index (κ2) is 8.33. The van der Waals surface area contributed by atoms with Crippen LogP contribution in [0.5, 0.6) is 5.75 Å². The first kappa shape index (κ1) is 21.3. The molecular weight excluding hydrogens is 427 g/mol. The van der Waals surface area contributed by atoms with Crippen molar-refractivity contribution < 1.29 is 27.5 Å². The number of amides is 2. The summed E-state index contributed by atoms with van der Waals surface area (Å²) in [6.45, 7) is -0.0459. The largest absolute Gasteiger partial charge is 0.496 e. The first-order valence-corrected chi connectivity index (χ1v) is 9.60. The fraction of sp³-hybridized carbons (Fsp3) is 0.238. The van der Waals surface area contributed by atoms with Crippen molar-refractivity contribution in [1.29, 1.82) is 0 Å². The summed E-state index contributed by atoms with van der Waals surface area (Å²) >= 11 is 0. The minimum atomic E-state index is -4.53. The van der Waals surface area contributed by atoms with Gasteiger partial charge >= 0.3 is 6.18 Å². The van der Waals surface area contributed by atoms with Crippen LogP contribution in [-0.2, 0) is 15.8 Å². The van der Waals surface area contributed by atoms with Gasteiger partial charge in [-0.15, -0.1) is 5.10 Å². The normalized spacial score (nSPS) is 16.3. The molecule has 2 amide bonds. The Morgan fingerprint density at radius 2 is 2.00 bits per heavy atom. The van der Waals surface area contributed by atoms with Crippen molar-refractivity contribution in [2.24, 2.45) is 5.92 Å². The Morgan fingerprint density at radius 3 is 2.75 bits per heavy atom. The van der Waals surface area contributed by atoms with E-state index < -0.39 is 29.5 Å². The first-order chi connectivity index (χ1) is 15.3. The number of methoxy groups -OCH3 is 1. The van der Waals surface area contributed by atoms with Crippen LogP contribution in [0.25, 0.3) is 11.4 Å². The van der Waals surface area contributed by atoms with E-state index in [1.807, 2.05) is 0 Å². The van der Waals surface area contributed by atoms with Crippen molar-refractivity contribution >= 4 is 23.5 Å². The van der Waals surface area contributed by atoms with Crippen LogP contribution in [0.1, 0.15) is 12.0 Å². The van der Waals surface area contributed by atoms with E-state index in [2.05, 4.69) is 20.5 Å². The molecule has 2 aromatic carbocycles. The lowest BCUT2D eigenvalue weighted by atomic mass is 10.1. The van der Waals surface area contributed by atoms with Gasteiger partial charge in [-0.3, -0.25) is 20.0 Å². The zero-order valence-electron chi connectivity index (χ0n) is 16.8. The Hall–Kier alpha value is -3.89. The molecular formula is C21H18F3N5O3. The number of hydrogen-bond donors (Lipinski definition) is 2. The van der Waals surface area contributed by atoms with Crippen LogP contribution in [-0.4, -0.2) is 40.7 Å². The summed E-state index contributed by atoms with van der Waals surface area (Å²) in [6.07, 6.45) is -4.66. The van der Waals surface area contributed by atoms with Gasteiger partial charge in [-0.2, -0.15) is 18.2 Å². The number of carbonyl (C=O) groups is 2. The van der Waals surface area contributed by atoms with E-state index >= 15 is 0 Å². The fourth-order valence-corrected chi connectivity index (χ4v) is 3.47. The van der Waals surface area contributed by atoms with Gasteiger partial charge in [0, 0.05) is 18.7 Å². The molecule has 0 aliphatic carbocycles. The van der Waals surface area contributed by atoms with Crippen LogP contribution in [0.15, 0.2) is 48.5 Å². The molecule has 8 nitrogen and oxygen atoms in total. The van der Waals surface area contributed by atoms with E-state index in [0.29, 0.717) is 17.1 Å². The highest BCUT2D eigenvalue weighted by Crippen LogP contribution is 2.34. The molecule has 1 fully saturated rings. The number of aromatic nitrogens is 3. The number of nitrogens with one attached hydrogen (secondary N) is 2. The number of hydrogen-bond acceptors (Lipinski definition) is 5. The second-order valence-electron chi connectivity index (χ2n) is 7.15. The van der Waals surface area contributed by atoms with Gasteiger partial charge in [0.25, 0.3) is 0 Å². The average Bonchev–Trinajstić information content (AvgIpc) is 3.40. The highest BCUT2D eigenvalue weighted by Gasteiger charge is 2.37. The van der Waals surface area contributed by atoms with Crippen LogP contribution in [0, 0.1) is 5.92 Å². The lowest BCUT2D eigenvalue weighted by Gasteiger charge is -2.18. The van der Waals surface area contributed by atoms with Gasteiger partial charge in [-0.25, -0.2) is 0 Å². The Kier molecular flexibility index (Phi) is 5.56. The minimum Gasteiger partial charge on any atom is -0.496 e. The topological polar surface area (TPSA) is 100 Å². The number of carbonyl (C=O) groups excluding carboxylic acids is 2. The third-order valence-corrected chi connectivity index (χ3v) is 5.06. The minimum absolute atomic E-state index is 0.0147. The molecule has 166 valence electrons. The number of para-hydroxylation sites is 1. The van der Waals surface area contributed by atoms with Gasteiger partial charge in [-0.1, -0.05) is 18.2 Å². The van der Waals surface area contributed by atoms with Crippen LogP contribution in [0.2, 0.25) is 0 Å². The van der Waals surface area contributed by atoms with Crippen LogP contribution in [0.4, 0.5) is 24.8 Å². The molecule has 2 heterocycles. The van der Waals surface area contributed by atoms with Crippen molar-refractivity contribution in [3.8, 4) is 17.1 Å². The van der Waals surface area contributed by atoms with Gasteiger partial charge in [0.15, 0.2) is 5.82 Å². The van der Waals surface area contributed by atoms with E-state index in [4.69, 9.17) is 4.74 Å². The molecule has 11 heteroatoms. The molecule has 1 aromatic heterocycles. The lowest BCUT2D eigenvalue weighted by Crippen LogP contribution is -2.28. The maximum atomic E-state index is 13.0. The van der Waals surface area contributed by atoms with Crippen molar-refractivity contribution in [1.82, 2.24) is 15.2 Å². The van der Waals surface area contributed by atoms with Crippen LogP contribution in [0.3, 0.4) is 0 Å². The molecule has 32 heavy (non-hydrogen) atoms. The molecule has 0 radical (unpaired) electrons.